The fourth-order valence-corrected chi connectivity index (χ4v) is 3.03. The average molecular weight is 279 g/mol. The first-order valence-electron chi connectivity index (χ1n) is 6.25. The fraction of sp³-hybridized carbons (Fsp3) is 0.583. The van der Waals surface area contributed by atoms with E-state index in [0.29, 0.717) is 6.61 Å². The number of ether oxygens (including phenoxy) is 1. The van der Waals surface area contributed by atoms with Gasteiger partial charge in [-0.05, 0) is 13.8 Å². The maximum absolute atomic E-state index is 5.98. The Morgan fingerprint density at radius 2 is 2.26 bits per heavy atom. The minimum Gasteiger partial charge on any atom is -0.367 e. The summed E-state index contributed by atoms with van der Waals surface area (Å²) >= 11 is 1.62. The smallest absolute Gasteiger partial charge is 0.208 e. The number of rotatable bonds is 2. The molecule has 0 radical (unpaired) electrons. The van der Waals surface area contributed by atoms with E-state index in [4.69, 9.17) is 4.74 Å². The van der Waals surface area contributed by atoms with Gasteiger partial charge in [-0.3, -0.25) is 4.68 Å². The van der Waals surface area contributed by atoms with Crippen molar-refractivity contribution in [2.45, 2.75) is 19.4 Å². The molecule has 0 aliphatic carbocycles. The molecule has 1 atom stereocenters. The van der Waals surface area contributed by atoms with Crippen LogP contribution in [0.25, 0.3) is 0 Å². The Hall–Kier alpha value is -1.47. The monoisotopic (exact) mass is 279 g/mol. The molecule has 0 aromatic carbocycles. The predicted octanol–water partition coefficient (Wildman–Crippen LogP) is 1.33. The maximum atomic E-state index is 5.98. The molecule has 0 amide bonds. The van der Waals surface area contributed by atoms with Crippen molar-refractivity contribution >= 4 is 16.5 Å². The van der Waals surface area contributed by atoms with E-state index >= 15 is 0 Å². The molecule has 1 aliphatic rings. The molecule has 1 unspecified atom stereocenters. The highest BCUT2D eigenvalue weighted by molar-refractivity contribution is 7.15. The molecule has 2 aromatic heterocycles. The van der Waals surface area contributed by atoms with Crippen molar-refractivity contribution in [1.82, 2.24) is 20.0 Å². The molecule has 0 N–H and O–H groups in total. The molecule has 3 heterocycles. The summed E-state index contributed by atoms with van der Waals surface area (Å²) in [7, 11) is 1.92. The molecule has 7 heteroatoms. The van der Waals surface area contributed by atoms with E-state index in [1.54, 1.807) is 16.0 Å². The average Bonchev–Trinajstić information content (AvgIpc) is 2.98. The number of hydrogen-bond acceptors (Lipinski definition) is 6. The van der Waals surface area contributed by atoms with Crippen LogP contribution in [0.5, 0.6) is 0 Å². The molecule has 0 bridgehead atoms. The third kappa shape index (κ3) is 2.35. The Balaban J connectivity index is 1.84. The second kappa shape index (κ2) is 4.57. The Morgan fingerprint density at radius 1 is 1.42 bits per heavy atom. The van der Waals surface area contributed by atoms with Crippen LogP contribution in [0.4, 0.5) is 5.13 Å². The van der Waals surface area contributed by atoms with E-state index in [1.165, 1.54) is 0 Å². The van der Waals surface area contributed by atoms with Gasteiger partial charge in [0.1, 0.15) is 10.6 Å². The van der Waals surface area contributed by atoms with E-state index in [-0.39, 0.29) is 5.60 Å². The van der Waals surface area contributed by atoms with Gasteiger partial charge in [-0.25, -0.2) is 0 Å². The highest BCUT2D eigenvalue weighted by atomic mass is 32.1. The molecule has 0 spiro atoms. The molecule has 6 nitrogen and oxygen atoms in total. The molecule has 102 valence electrons. The molecule has 2 aromatic rings. The topological polar surface area (TPSA) is 56.1 Å². The normalized spacial score (nSPS) is 23.8. The number of aryl methyl sites for hydroxylation is 2. The van der Waals surface area contributed by atoms with Crippen molar-refractivity contribution in [2.24, 2.45) is 7.05 Å². The number of nitrogens with zero attached hydrogens (tertiary/aromatic N) is 5. The lowest BCUT2D eigenvalue weighted by molar-refractivity contribution is -0.0466. The molecule has 19 heavy (non-hydrogen) atoms. The van der Waals surface area contributed by atoms with Crippen LogP contribution >= 0.6 is 11.3 Å². The summed E-state index contributed by atoms with van der Waals surface area (Å²) in [6, 6.07) is 0. The van der Waals surface area contributed by atoms with Crippen molar-refractivity contribution < 1.29 is 4.74 Å². The summed E-state index contributed by atoms with van der Waals surface area (Å²) in [5.74, 6) is 0. The van der Waals surface area contributed by atoms with Gasteiger partial charge in [0.05, 0.1) is 19.3 Å². The number of hydrogen-bond donors (Lipinski definition) is 0. The fourth-order valence-electron chi connectivity index (χ4n) is 2.32. The molecule has 3 rings (SSSR count). The van der Waals surface area contributed by atoms with E-state index < -0.39 is 0 Å². The number of morpholine rings is 1. The van der Waals surface area contributed by atoms with Crippen molar-refractivity contribution in [3.63, 3.8) is 0 Å². The first-order chi connectivity index (χ1) is 9.07. The van der Waals surface area contributed by atoms with Gasteiger partial charge in [-0.15, -0.1) is 10.2 Å². The van der Waals surface area contributed by atoms with Crippen molar-refractivity contribution in [1.29, 1.82) is 0 Å². The SMILES string of the molecule is Cc1nnc(N2CCOC(C)(c3cnn(C)c3)C2)s1. The van der Waals surface area contributed by atoms with Crippen molar-refractivity contribution in [3.05, 3.63) is 23.0 Å². The number of anilines is 1. The maximum Gasteiger partial charge on any atom is 0.208 e. The van der Waals surface area contributed by atoms with Crippen LogP contribution in [0.1, 0.15) is 17.5 Å². The van der Waals surface area contributed by atoms with Crippen molar-refractivity contribution in [2.75, 3.05) is 24.6 Å². The van der Waals surface area contributed by atoms with Crippen LogP contribution in [0.2, 0.25) is 0 Å². The molecular formula is C12H17N5OS. The predicted molar refractivity (Wildman–Crippen MR) is 73.4 cm³/mol. The van der Waals surface area contributed by atoms with Gasteiger partial charge in [0.15, 0.2) is 0 Å². The van der Waals surface area contributed by atoms with Gasteiger partial charge in [-0.2, -0.15) is 5.10 Å². The van der Waals surface area contributed by atoms with Gasteiger partial charge in [0.2, 0.25) is 5.13 Å². The first kappa shape index (κ1) is 12.6. The molecular weight excluding hydrogens is 262 g/mol. The van der Waals surface area contributed by atoms with Crippen LogP contribution in [-0.2, 0) is 17.4 Å². The molecule has 1 saturated heterocycles. The molecule has 0 saturated carbocycles. The van der Waals surface area contributed by atoms with Crippen LogP contribution < -0.4 is 4.90 Å². The Kier molecular flexibility index (Phi) is 3.02. The minimum atomic E-state index is -0.341. The Morgan fingerprint density at radius 3 is 2.89 bits per heavy atom. The van der Waals surface area contributed by atoms with Gasteiger partial charge < -0.3 is 9.64 Å². The zero-order valence-electron chi connectivity index (χ0n) is 11.3. The van der Waals surface area contributed by atoms with Crippen LogP contribution in [0.3, 0.4) is 0 Å². The van der Waals surface area contributed by atoms with Crippen LogP contribution in [0.15, 0.2) is 12.4 Å². The molecule has 1 fully saturated rings. The first-order valence-corrected chi connectivity index (χ1v) is 7.07. The largest absolute Gasteiger partial charge is 0.367 e. The highest BCUT2D eigenvalue weighted by Gasteiger charge is 2.36. The minimum absolute atomic E-state index is 0.341. The zero-order valence-corrected chi connectivity index (χ0v) is 12.1. The highest BCUT2D eigenvalue weighted by Crippen LogP contribution is 2.32. The van der Waals surface area contributed by atoms with E-state index in [0.717, 1.165) is 28.8 Å². The van der Waals surface area contributed by atoms with Gasteiger partial charge in [0, 0.05) is 25.4 Å². The summed E-state index contributed by atoms with van der Waals surface area (Å²) in [6.07, 6.45) is 3.88. The second-order valence-corrected chi connectivity index (χ2v) is 6.17. The summed E-state index contributed by atoms with van der Waals surface area (Å²) in [4.78, 5) is 2.24. The number of aromatic nitrogens is 4. The van der Waals surface area contributed by atoms with E-state index in [9.17, 15) is 0 Å². The third-order valence-electron chi connectivity index (χ3n) is 3.38. The van der Waals surface area contributed by atoms with E-state index in [1.807, 2.05) is 26.4 Å². The van der Waals surface area contributed by atoms with Crippen LogP contribution in [0, 0.1) is 6.92 Å². The zero-order chi connectivity index (χ0) is 13.5. The van der Waals surface area contributed by atoms with E-state index in [2.05, 4.69) is 27.1 Å². The summed E-state index contributed by atoms with van der Waals surface area (Å²) in [6.45, 7) is 6.38. The lowest BCUT2D eigenvalue weighted by atomic mass is 9.97. The Labute approximate surface area is 116 Å². The standard InChI is InChI=1S/C12H17N5OS/c1-9-14-15-11(19-9)17-4-5-18-12(2,8-17)10-6-13-16(3)7-10/h6-7H,4-5,8H2,1-3H3. The van der Waals surface area contributed by atoms with Gasteiger partial charge >= 0.3 is 0 Å². The summed E-state index contributed by atoms with van der Waals surface area (Å²) in [5.41, 5.74) is 0.757. The van der Waals surface area contributed by atoms with Crippen LogP contribution in [-0.4, -0.2) is 39.7 Å². The summed E-state index contributed by atoms with van der Waals surface area (Å²) < 4.78 is 7.79. The summed E-state index contributed by atoms with van der Waals surface area (Å²) in [5, 5.41) is 14.5. The third-order valence-corrected chi connectivity index (χ3v) is 4.28. The quantitative estimate of drug-likeness (QED) is 0.830. The Bertz CT molecular complexity index is 580. The molecule has 1 aliphatic heterocycles. The lowest BCUT2D eigenvalue weighted by Gasteiger charge is -2.39. The second-order valence-electron chi connectivity index (χ2n) is 5.01. The van der Waals surface area contributed by atoms with Gasteiger partial charge in [0.25, 0.3) is 0 Å². The van der Waals surface area contributed by atoms with Gasteiger partial charge in [-0.1, -0.05) is 11.3 Å². The van der Waals surface area contributed by atoms with Crippen molar-refractivity contribution in [3.8, 4) is 0 Å². The lowest BCUT2D eigenvalue weighted by Crippen LogP contribution is -2.48.